The summed E-state index contributed by atoms with van der Waals surface area (Å²) in [4.78, 5) is 10.5. The third kappa shape index (κ3) is 3.67. The van der Waals surface area contributed by atoms with E-state index >= 15 is 0 Å². The molecular formula is C11H11ClN2O4S. The molecule has 0 radical (unpaired) electrons. The molecule has 1 aromatic carbocycles. The summed E-state index contributed by atoms with van der Waals surface area (Å²) in [5, 5.41) is 17.9. The first kappa shape index (κ1) is 15.4. The SMILES string of the molecule is CC[C@H](NS(=O)(=O)c1cc(Cl)ccc1C#N)C(=O)O. The number of carboxylic acid groups (broad SMARTS) is 1. The second-order valence-corrected chi connectivity index (χ2v) is 5.79. The molecule has 2 N–H and O–H groups in total. The van der Waals surface area contributed by atoms with Gasteiger partial charge in [-0.2, -0.15) is 9.98 Å². The highest BCUT2D eigenvalue weighted by Gasteiger charge is 2.26. The number of hydrogen-bond acceptors (Lipinski definition) is 4. The minimum Gasteiger partial charge on any atom is -0.480 e. The highest BCUT2D eigenvalue weighted by molar-refractivity contribution is 7.89. The van der Waals surface area contributed by atoms with E-state index in [4.69, 9.17) is 22.0 Å². The quantitative estimate of drug-likeness (QED) is 0.853. The molecule has 0 unspecified atom stereocenters. The van der Waals surface area contributed by atoms with Gasteiger partial charge in [-0.15, -0.1) is 0 Å². The maximum atomic E-state index is 12.1. The Balaban J connectivity index is 3.25. The van der Waals surface area contributed by atoms with Gasteiger partial charge in [0.05, 0.1) is 5.56 Å². The number of nitrogens with one attached hydrogen (secondary N) is 1. The van der Waals surface area contributed by atoms with Gasteiger partial charge in [-0.05, 0) is 24.6 Å². The van der Waals surface area contributed by atoms with Crippen LogP contribution in [0, 0.1) is 11.3 Å². The van der Waals surface area contributed by atoms with E-state index in [2.05, 4.69) is 0 Å². The van der Waals surface area contributed by atoms with Crippen LogP contribution in [-0.2, 0) is 14.8 Å². The topological polar surface area (TPSA) is 107 Å². The molecule has 1 atom stereocenters. The largest absolute Gasteiger partial charge is 0.480 e. The van der Waals surface area contributed by atoms with Gasteiger partial charge in [0.15, 0.2) is 0 Å². The van der Waals surface area contributed by atoms with Gasteiger partial charge in [0.1, 0.15) is 17.0 Å². The van der Waals surface area contributed by atoms with E-state index in [-0.39, 0.29) is 21.9 Å². The predicted molar refractivity (Wildman–Crippen MR) is 68.2 cm³/mol. The van der Waals surface area contributed by atoms with Gasteiger partial charge in [-0.25, -0.2) is 8.42 Å². The molecule has 102 valence electrons. The summed E-state index contributed by atoms with van der Waals surface area (Å²) < 4.78 is 26.1. The number of sulfonamides is 1. The van der Waals surface area contributed by atoms with E-state index in [1.165, 1.54) is 19.1 Å². The van der Waals surface area contributed by atoms with Crippen molar-refractivity contribution in [1.29, 1.82) is 5.26 Å². The molecule has 0 bridgehead atoms. The second kappa shape index (κ2) is 6.02. The molecule has 0 spiro atoms. The maximum absolute atomic E-state index is 12.1. The van der Waals surface area contributed by atoms with Crippen molar-refractivity contribution >= 4 is 27.6 Å². The summed E-state index contributed by atoms with van der Waals surface area (Å²) in [6, 6.07) is 4.22. The van der Waals surface area contributed by atoms with Crippen molar-refractivity contribution in [2.24, 2.45) is 0 Å². The van der Waals surface area contributed by atoms with E-state index in [9.17, 15) is 13.2 Å². The molecule has 0 saturated heterocycles. The molecule has 0 saturated carbocycles. The van der Waals surface area contributed by atoms with Crippen molar-refractivity contribution in [3.05, 3.63) is 28.8 Å². The lowest BCUT2D eigenvalue weighted by Gasteiger charge is -2.13. The van der Waals surface area contributed by atoms with Crippen LogP contribution in [0.1, 0.15) is 18.9 Å². The van der Waals surface area contributed by atoms with Crippen LogP contribution in [0.2, 0.25) is 5.02 Å². The van der Waals surface area contributed by atoms with Crippen molar-refractivity contribution in [3.8, 4) is 6.07 Å². The number of carboxylic acids is 1. The Morgan fingerprint density at radius 2 is 2.21 bits per heavy atom. The molecule has 6 nitrogen and oxygen atoms in total. The molecule has 0 aliphatic heterocycles. The summed E-state index contributed by atoms with van der Waals surface area (Å²) in [6.07, 6.45) is 0.0804. The smallest absolute Gasteiger partial charge is 0.321 e. The molecule has 0 heterocycles. The first-order chi connectivity index (χ1) is 8.81. The zero-order valence-corrected chi connectivity index (χ0v) is 11.5. The Morgan fingerprint density at radius 1 is 1.58 bits per heavy atom. The minimum atomic E-state index is -4.12. The summed E-state index contributed by atoms with van der Waals surface area (Å²) in [6.45, 7) is 1.53. The number of benzene rings is 1. The standard InChI is InChI=1S/C11H11ClN2O4S/c1-2-9(11(15)16)14-19(17,18)10-5-8(12)4-3-7(10)6-13/h3-5,9,14H,2H2,1H3,(H,15,16)/t9-/m0/s1. The van der Waals surface area contributed by atoms with E-state index in [0.29, 0.717) is 0 Å². The first-order valence-electron chi connectivity index (χ1n) is 5.26. The van der Waals surface area contributed by atoms with Gasteiger partial charge in [0.2, 0.25) is 10.0 Å². The van der Waals surface area contributed by atoms with Crippen LogP contribution >= 0.6 is 11.6 Å². The van der Waals surface area contributed by atoms with Gasteiger partial charge < -0.3 is 5.11 Å². The highest BCUT2D eigenvalue weighted by atomic mass is 35.5. The van der Waals surface area contributed by atoms with Crippen LogP contribution in [0.3, 0.4) is 0 Å². The third-order valence-corrected chi connectivity index (χ3v) is 4.10. The summed E-state index contributed by atoms with van der Waals surface area (Å²) in [5.74, 6) is -1.29. The Morgan fingerprint density at radius 3 is 2.68 bits per heavy atom. The van der Waals surface area contributed by atoms with Crippen molar-refractivity contribution in [2.45, 2.75) is 24.3 Å². The first-order valence-corrected chi connectivity index (χ1v) is 7.12. The fraction of sp³-hybridized carbons (Fsp3) is 0.273. The van der Waals surface area contributed by atoms with Crippen LogP contribution in [0.5, 0.6) is 0 Å². The number of nitrogens with zero attached hydrogens (tertiary/aromatic N) is 1. The van der Waals surface area contributed by atoms with Crippen molar-refractivity contribution < 1.29 is 18.3 Å². The molecule has 19 heavy (non-hydrogen) atoms. The van der Waals surface area contributed by atoms with Crippen LogP contribution in [-0.4, -0.2) is 25.5 Å². The van der Waals surface area contributed by atoms with E-state index < -0.39 is 22.0 Å². The molecule has 0 aromatic heterocycles. The summed E-state index contributed by atoms with van der Waals surface area (Å²) >= 11 is 5.69. The Kier molecular flexibility index (Phi) is 4.89. The molecule has 1 aromatic rings. The lowest BCUT2D eigenvalue weighted by molar-refractivity contribution is -0.139. The van der Waals surface area contributed by atoms with E-state index in [1.807, 2.05) is 4.72 Å². The predicted octanol–water partition coefficient (Wildman–Crippen LogP) is 1.35. The molecular weight excluding hydrogens is 292 g/mol. The molecule has 0 fully saturated rings. The lowest BCUT2D eigenvalue weighted by atomic mass is 10.2. The van der Waals surface area contributed by atoms with Gasteiger partial charge in [-0.3, -0.25) is 4.79 Å². The average Bonchev–Trinajstić information content (AvgIpc) is 2.35. The molecule has 0 amide bonds. The second-order valence-electron chi connectivity index (χ2n) is 3.67. The normalized spacial score (nSPS) is 12.7. The Labute approximate surface area is 115 Å². The summed E-state index contributed by atoms with van der Waals surface area (Å²) in [5.41, 5.74) is -0.0999. The minimum absolute atomic E-state index is 0.0804. The molecule has 8 heteroatoms. The summed E-state index contributed by atoms with van der Waals surface area (Å²) in [7, 11) is -4.12. The zero-order chi connectivity index (χ0) is 14.6. The van der Waals surface area contributed by atoms with E-state index in [0.717, 1.165) is 6.07 Å². The average molecular weight is 303 g/mol. The molecule has 0 aliphatic rings. The number of halogens is 1. The van der Waals surface area contributed by atoms with Gasteiger partial charge in [-0.1, -0.05) is 18.5 Å². The van der Waals surface area contributed by atoms with E-state index in [1.54, 1.807) is 6.07 Å². The fourth-order valence-corrected chi connectivity index (χ4v) is 3.06. The van der Waals surface area contributed by atoms with Gasteiger partial charge in [0.25, 0.3) is 0 Å². The Hall–Kier alpha value is -1.62. The van der Waals surface area contributed by atoms with Crippen LogP contribution in [0.15, 0.2) is 23.1 Å². The van der Waals surface area contributed by atoms with Crippen LogP contribution < -0.4 is 4.72 Å². The molecule has 0 aliphatic carbocycles. The number of aliphatic carboxylic acids is 1. The third-order valence-electron chi connectivity index (χ3n) is 2.36. The van der Waals surface area contributed by atoms with Crippen molar-refractivity contribution in [2.75, 3.05) is 0 Å². The maximum Gasteiger partial charge on any atom is 0.321 e. The van der Waals surface area contributed by atoms with Gasteiger partial charge >= 0.3 is 5.97 Å². The Bertz CT molecular complexity index is 637. The molecule has 1 rings (SSSR count). The number of carbonyl (C=O) groups is 1. The number of nitriles is 1. The lowest BCUT2D eigenvalue weighted by Crippen LogP contribution is -2.40. The van der Waals surface area contributed by atoms with Gasteiger partial charge in [0, 0.05) is 5.02 Å². The monoisotopic (exact) mass is 302 g/mol. The van der Waals surface area contributed by atoms with Crippen LogP contribution in [0.4, 0.5) is 0 Å². The number of hydrogen-bond donors (Lipinski definition) is 2. The van der Waals surface area contributed by atoms with Crippen molar-refractivity contribution in [3.63, 3.8) is 0 Å². The fourth-order valence-electron chi connectivity index (χ4n) is 1.37. The highest BCUT2D eigenvalue weighted by Crippen LogP contribution is 2.20. The number of rotatable bonds is 5. The zero-order valence-electron chi connectivity index (χ0n) is 9.92. The van der Waals surface area contributed by atoms with Crippen molar-refractivity contribution in [1.82, 2.24) is 4.72 Å². The van der Waals surface area contributed by atoms with Crippen LogP contribution in [0.25, 0.3) is 0 Å².